The number of carbonyl (C=O) groups is 3. The van der Waals surface area contributed by atoms with Crippen molar-refractivity contribution < 1.29 is 19.1 Å². The lowest BCUT2D eigenvalue weighted by Gasteiger charge is -2.22. The van der Waals surface area contributed by atoms with Crippen molar-refractivity contribution in [2.45, 2.75) is 47.6 Å². The molecule has 0 saturated heterocycles. The molecule has 0 saturated carbocycles. The summed E-state index contributed by atoms with van der Waals surface area (Å²) in [6.07, 6.45) is 17.5. The maximum atomic E-state index is 13.5. The maximum absolute atomic E-state index is 13.5. The van der Waals surface area contributed by atoms with Gasteiger partial charge < -0.3 is 15.0 Å². The quantitative estimate of drug-likeness (QED) is 0.0514. The Morgan fingerprint density at radius 1 is 1.00 bits per heavy atom. The fourth-order valence-electron chi connectivity index (χ4n) is 3.64. The Morgan fingerprint density at radius 3 is 2.36 bits per heavy atom. The number of ether oxygens (including phenoxy) is 1. The summed E-state index contributed by atoms with van der Waals surface area (Å²) < 4.78 is 5.52. The normalized spacial score (nSPS) is 11.5. The highest BCUT2D eigenvalue weighted by atomic mass is 16.5. The second-order valence-electron chi connectivity index (χ2n) is 9.58. The minimum atomic E-state index is -0.623. The Kier molecular flexibility index (Phi) is 18.7. The van der Waals surface area contributed by atoms with Crippen LogP contribution in [0.4, 0.5) is 0 Å². The lowest BCUT2D eigenvalue weighted by atomic mass is 10.1. The molecule has 238 valence electrons. The summed E-state index contributed by atoms with van der Waals surface area (Å²) in [5.41, 5.74) is 5.04. The summed E-state index contributed by atoms with van der Waals surface area (Å²) in [4.78, 5) is 49.0. The van der Waals surface area contributed by atoms with Gasteiger partial charge >= 0.3 is 5.97 Å². The van der Waals surface area contributed by atoms with Crippen molar-refractivity contribution >= 4 is 29.9 Å². The summed E-state index contributed by atoms with van der Waals surface area (Å²) in [6, 6.07) is 14.4. The van der Waals surface area contributed by atoms with Gasteiger partial charge in [-0.05, 0) is 54.3 Å². The number of rotatable bonds is 16. The Hall–Kier alpha value is -5.31. The highest BCUT2D eigenvalue weighted by Crippen LogP contribution is 2.21. The van der Waals surface area contributed by atoms with E-state index in [0.717, 1.165) is 16.7 Å². The first-order valence-electron chi connectivity index (χ1n) is 14.8. The molecule has 2 aromatic rings. The number of carbonyl (C=O) groups excluding carboxylic acids is 3. The van der Waals surface area contributed by atoms with E-state index in [-0.39, 0.29) is 17.8 Å². The van der Waals surface area contributed by atoms with Crippen LogP contribution in [0, 0.1) is 10.8 Å². The third-order valence-corrected chi connectivity index (χ3v) is 5.90. The Labute approximate surface area is 266 Å². The number of hydrogen-bond donors (Lipinski definition) is 2. The van der Waals surface area contributed by atoms with Crippen LogP contribution in [0.2, 0.25) is 0 Å². The molecule has 2 aromatic carbocycles. The lowest BCUT2D eigenvalue weighted by molar-refractivity contribution is -0.137. The zero-order chi connectivity index (χ0) is 33.5. The average Bonchev–Trinajstić information content (AvgIpc) is 3.04. The van der Waals surface area contributed by atoms with Gasteiger partial charge in [0, 0.05) is 43.2 Å². The summed E-state index contributed by atoms with van der Waals surface area (Å²) >= 11 is 0. The van der Waals surface area contributed by atoms with E-state index in [1.54, 1.807) is 72.9 Å². The molecule has 0 aliphatic heterocycles. The van der Waals surface area contributed by atoms with Gasteiger partial charge in [0.15, 0.2) is 0 Å². The van der Waals surface area contributed by atoms with Gasteiger partial charge in [-0.15, -0.1) is 4.91 Å². The Morgan fingerprint density at radius 2 is 1.71 bits per heavy atom. The number of hydrogen-bond acceptors (Lipinski definition) is 7. The van der Waals surface area contributed by atoms with Gasteiger partial charge in [-0.25, -0.2) is 5.43 Å². The highest BCUT2D eigenvalue weighted by Gasteiger charge is 2.14. The predicted molar refractivity (Wildman–Crippen MR) is 182 cm³/mol. The predicted octanol–water partition coefficient (Wildman–Crippen LogP) is 7.27. The SMILES string of the molecule is C=C/C=C/N/C=C(\C=C\C)CCN(Cc1ccc(/C=C/C(=O)NN=O)cc1)C(=O)/C=C\c1ccccc1OC(=O)C(C)C.CC. The summed E-state index contributed by atoms with van der Waals surface area (Å²) in [6.45, 7) is 13.9. The van der Waals surface area contributed by atoms with E-state index in [2.05, 4.69) is 17.2 Å². The number of amides is 2. The molecule has 2 amide bonds. The first-order chi connectivity index (χ1) is 21.8. The van der Waals surface area contributed by atoms with E-state index in [1.165, 1.54) is 12.2 Å². The molecule has 9 heteroatoms. The molecular weight excluding hydrogens is 568 g/mol. The molecular formula is C36H44N4O5. The fourth-order valence-corrected chi connectivity index (χ4v) is 3.64. The van der Waals surface area contributed by atoms with Crippen molar-refractivity contribution in [1.82, 2.24) is 15.6 Å². The Bertz CT molecular complexity index is 1400. The largest absolute Gasteiger partial charge is 0.426 e. The van der Waals surface area contributed by atoms with Crippen LogP contribution in [0.5, 0.6) is 5.75 Å². The number of benzene rings is 2. The van der Waals surface area contributed by atoms with Crippen LogP contribution in [0.1, 0.15) is 57.7 Å². The fraction of sp³-hybridized carbons (Fsp3) is 0.250. The van der Waals surface area contributed by atoms with Crippen LogP contribution in [-0.4, -0.2) is 29.2 Å². The molecule has 0 aliphatic carbocycles. The second kappa shape index (κ2) is 22.3. The molecule has 0 radical (unpaired) electrons. The topological polar surface area (TPSA) is 117 Å². The third kappa shape index (κ3) is 15.1. The van der Waals surface area contributed by atoms with Gasteiger partial charge in [-0.2, -0.15) is 0 Å². The molecule has 0 heterocycles. The van der Waals surface area contributed by atoms with Crippen molar-refractivity contribution in [1.29, 1.82) is 0 Å². The molecule has 9 nitrogen and oxygen atoms in total. The molecule has 0 fully saturated rings. The van der Waals surface area contributed by atoms with E-state index in [1.807, 2.05) is 69.5 Å². The second-order valence-corrected chi connectivity index (χ2v) is 9.58. The minimum absolute atomic E-state index is 0.216. The summed E-state index contributed by atoms with van der Waals surface area (Å²) in [7, 11) is 0. The first-order valence-corrected chi connectivity index (χ1v) is 14.8. The van der Waals surface area contributed by atoms with Crippen molar-refractivity contribution in [2.24, 2.45) is 11.2 Å². The van der Waals surface area contributed by atoms with Gasteiger partial charge in [0.2, 0.25) is 5.91 Å². The molecule has 0 atom stereocenters. The van der Waals surface area contributed by atoms with E-state index in [9.17, 15) is 19.3 Å². The van der Waals surface area contributed by atoms with Crippen LogP contribution in [0.3, 0.4) is 0 Å². The smallest absolute Gasteiger partial charge is 0.313 e. The third-order valence-electron chi connectivity index (χ3n) is 5.90. The lowest BCUT2D eigenvalue weighted by Crippen LogP contribution is -2.30. The molecule has 0 unspecified atom stereocenters. The highest BCUT2D eigenvalue weighted by molar-refractivity contribution is 5.92. The van der Waals surface area contributed by atoms with E-state index < -0.39 is 5.91 Å². The summed E-state index contributed by atoms with van der Waals surface area (Å²) in [5, 5.41) is 5.45. The van der Waals surface area contributed by atoms with Crippen LogP contribution >= 0.6 is 0 Å². The average molecular weight is 613 g/mol. The van der Waals surface area contributed by atoms with Crippen molar-refractivity contribution in [3.05, 3.63) is 131 Å². The van der Waals surface area contributed by atoms with Crippen molar-refractivity contribution in [3.63, 3.8) is 0 Å². The molecule has 0 aliphatic rings. The molecule has 45 heavy (non-hydrogen) atoms. The number of nitrogens with zero attached hydrogens (tertiary/aromatic N) is 2. The van der Waals surface area contributed by atoms with Crippen LogP contribution < -0.4 is 15.5 Å². The van der Waals surface area contributed by atoms with Crippen molar-refractivity contribution in [2.75, 3.05) is 6.54 Å². The van der Waals surface area contributed by atoms with Gasteiger partial charge in [-0.1, -0.05) is 95.0 Å². The number of nitrogens with one attached hydrogen (secondary N) is 2. The molecule has 2 rings (SSSR count). The van der Waals surface area contributed by atoms with Crippen molar-refractivity contribution in [3.8, 4) is 5.75 Å². The molecule has 0 aromatic heterocycles. The Balaban J connectivity index is 0.00000496. The molecule has 0 spiro atoms. The van der Waals surface area contributed by atoms with Gasteiger partial charge in [-0.3, -0.25) is 14.4 Å². The first kappa shape index (κ1) is 37.7. The number of esters is 1. The van der Waals surface area contributed by atoms with Crippen LogP contribution in [0.25, 0.3) is 12.2 Å². The van der Waals surface area contributed by atoms with Crippen LogP contribution in [-0.2, 0) is 20.9 Å². The van der Waals surface area contributed by atoms with E-state index in [0.29, 0.717) is 30.8 Å². The standard InChI is InChI=1S/C34H38N4O5.C2H6/c1-5-7-22-35-24-28(10-6-2)21-23-38(25-29-15-13-27(14-16-29)17-19-32(39)36-37-42)33(40)20-18-30-11-8-9-12-31(30)43-34(41)26(3)4;1-2/h5-20,22,24,26,35H,1,21,23,25H2,2-4H3,(H,36,39,42);1-2H3/b10-6+,19-17+,20-18-,22-7+,28-24+;. The number of nitroso groups, excluding NO2 is 1. The number of para-hydroxylation sites is 1. The molecule has 2 N–H and O–H groups in total. The maximum Gasteiger partial charge on any atom is 0.313 e. The molecule has 0 bridgehead atoms. The van der Waals surface area contributed by atoms with E-state index in [4.69, 9.17) is 4.74 Å². The van der Waals surface area contributed by atoms with Gasteiger partial charge in [0.25, 0.3) is 5.91 Å². The monoisotopic (exact) mass is 612 g/mol. The zero-order valence-corrected chi connectivity index (χ0v) is 26.7. The van der Waals surface area contributed by atoms with Gasteiger partial charge in [0.05, 0.1) is 11.2 Å². The summed E-state index contributed by atoms with van der Waals surface area (Å²) in [5.74, 6) is -1.10. The zero-order valence-electron chi connectivity index (χ0n) is 26.7. The number of allylic oxidation sites excluding steroid dienone is 4. The minimum Gasteiger partial charge on any atom is -0.426 e. The van der Waals surface area contributed by atoms with E-state index >= 15 is 0 Å². The van der Waals surface area contributed by atoms with Crippen LogP contribution in [0.15, 0.2) is 115 Å². The van der Waals surface area contributed by atoms with Gasteiger partial charge in [0.1, 0.15) is 5.75 Å².